The first-order valence-corrected chi connectivity index (χ1v) is 9.13. The van der Waals surface area contributed by atoms with Crippen molar-refractivity contribution in [3.8, 4) is 0 Å². The zero-order chi connectivity index (χ0) is 20.0. The summed E-state index contributed by atoms with van der Waals surface area (Å²) in [6.07, 6.45) is -2.96. The zero-order valence-corrected chi connectivity index (χ0v) is 15.8. The lowest BCUT2D eigenvalue weighted by Gasteiger charge is -2.24. The highest BCUT2D eigenvalue weighted by molar-refractivity contribution is 6.35. The first-order chi connectivity index (χ1) is 12.7. The van der Waals surface area contributed by atoms with Gasteiger partial charge in [-0.25, -0.2) is 0 Å². The van der Waals surface area contributed by atoms with Crippen molar-refractivity contribution < 1.29 is 27.5 Å². The number of nitrogens with zero attached hydrogens (tertiary/aromatic N) is 1. The Morgan fingerprint density at radius 1 is 1.30 bits per heavy atom. The van der Waals surface area contributed by atoms with Crippen LogP contribution in [0.15, 0.2) is 18.2 Å². The Labute approximate surface area is 164 Å². The molecule has 1 unspecified atom stereocenters. The second-order valence-electron chi connectivity index (χ2n) is 6.09. The van der Waals surface area contributed by atoms with Crippen molar-refractivity contribution in [3.05, 3.63) is 33.8 Å². The number of carbonyl (C=O) groups excluding carboxylic acids is 2. The summed E-state index contributed by atoms with van der Waals surface area (Å²) in [5.74, 6) is -0.733. The van der Waals surface area contributed by atoms with Crippen LogP contribution in [0.3, 0.4) is 0 Å². The maximum atomic E-state index is 12.7. The lowest BCUT2D eigenvalue weighted by atomic mass is 10.1. The van der Waals surface area contributed by atoms with Gasteiger partial charge >= 0.3 is 6.18 Å². The summed E-state index contributed by atoms with van der Waals surface area (Å²) in [5, 5.41) is 3.24. The number of benzene rings is 1. The maximum Gasteiger partial charge on any atom is 0.411 e. The number of hydrogen-bond donors (Lipinski definition) is 1. The molecule has 2 amide bonds. The minimum atomic E-state index is -4.37. The molecule has 0 spiro atoms. The smallest absolute Gasteiger partial charge is 0.372 e. The molecule has 0 radical (unpaired) electrons. The molecule has 0 aromatic heterocycles. The molecule has 1 aliphatic rings. The standard InChI is InChI=1S/C17H19Cl2F3N2O3/c18-11-4-5-13(19)12(9-11)16(26)24-7-1-3-14(24)15(25)23-6-2-8-27-10-17(20,21)22/h4-5,9,14H,1-3,6-8,10H2,(H,23,25). The summed E-state index contributed by atoms with van der Waals surface area (Å²) in [6, 6.07) is 3.89. The molecule has 0 saturated carbocycles. The number of rotatable bonds is 7. The lowest BCUT2D eigenvalue weighted by Crippen LogP contribution is -2.46. The van der Waals surface area contributed by atoms with E-state index in [4.69, 9.17) is 23.2 Å². The minimum absolute atomic E-state index is 0.120. The largest absolute Gasteiger partial charge is 0.411 e. The van der Waals surface area contributed by atoms with Crippen molar-refractivity contribution in [2.45, 2.75) is 31.5 Å². The highest BCUT2D eigenvalue weighted by atomic mass is 35.5. The number of alkyl halides is 3. The molecule has 1 aromatic rings. The third-order valence-electron chi connectivity index (χ3n) is 4.01. The monoisotopic (exact) mass is 426 g/mol. The van der Waals surface area contributed by atoms with Crippen LogP contribution < -0.4 is 5.32 Å². The molecule has 2 rings (SSSR count). The van der Waals surface area contributed by atoms with Crippen LogP contribution in [0, 0.1) is 0 Å². The van der Waals surface area contributed by atoms with E-state index in [1.165, 1.54) is 17.0 Å². The Kier molecular flexibility index (Phi) is 7.76. The van der Waals surface area contributed by atoms with Gasteiger partial charge in [0, 0.05) is 24.7 Å². The SMILES string of the molecule is O=C(NCCCOCC(F)(F)F)C1CCCN1C(=O)c1cc(Cl)ccc1Cl. The number of ether oxygens (including phenoxy) is 1. The third-order valence-corrected chi connectivity index (χ3v) is 4.57. The van der Waals surface area contributed by atoms with Gasteiger partial charge in [0.05, 0.1) is 10.6 Å². The third kappa shape index (κ3) is 6.55. The summed E-state index contributed by atoms with van der Waals surface area (Å²) in [5.41, 5.74) is 0.226. The highest BCUT2D eigenvalue weighted by Gasteiger charge is 2.35. The van der Waals surface area contributed by atoms with Gasteiger partial charge in [-0.2, -0.15) is 13.2 Å². The van der Waals surface area contributed by atoms with Crippen molar-refractivity contribution in [1.29, 1.82) is 0 Å². The summed E-state index contributed by atoms with van der Waals surface area (Å²) in [6.45, 7) is -0.862. The molecule has 5 nitrogen and oxygen atoms in total. The molecule has 1 fully saturated rings. The number of likely N-dealkylation sites (tertiary alicyclic amines) is 1. The fourth-order valence-corrected chi connectivity index (χ4v) is 3.16. The average molecular weight is 427 g/mol. The molecule has 1 N–H and O–H groups in total. The van der Waals surface area contributed by atoms with Gasteiger partial charge in [-0.3, -0.25) is 9.59 Å². The van der Waals surface area contributed by atoms with E-state index in [-0.39, 0.29) is 42.0 Å². The number of hydrogen-bond acceptors (Lipinski definition) is 3. The molecule has 150 valence electrons. The molecular formula is C17H19Cl2F3N2O3. The molecule has 0 aliphatic carbocycles. The van der Waals surface area contributed by atoms with E-state index >= 15 is 0 Å². The molecular weight excluding hydrogens is 408 g/mol. The molecule has 27 heavy (non-hydrogen) atoms. The second kappa shape index (κ2) is 9.61. The van der Waals surface area contributed by atoms with Crippen LogP contribution in [-0.4, -0.2) is 55.2 Å². The lowest BCUT2D eigenvalue weighted by molar-refractivity contribution is -0.174. The Bertz CT molecular complexity index is 686. The predicted octanol–water partition coefficient (Wildman–Crippen LogP) is 3.68. The van der Waals surface area contributed by atoms with Crippen molar-refractivity contribution in [3.63, 3.8) is 0 Å². The van der Waals surface area contributed by atoms with Crippen LogP contribution in [0.4, 0.5) is 13.2 Å². The first-order valence-electron chi connectivity index (χ1n) is 8.37. The van der Waals surface area contributed by atoms with Crippen LogP contribution >= 0.6 is 23.2 Å². The molecule has 1 aromatic carbocycles. The topological polar surface area (TPSA) is 58.6 Å². The summed E-state index contributed by atoms with van der Waals surface area (Å²) in [7, 11) is 0. The van der Waals surface area contributed by atoms with Gasteiger partial charge in [-0.15, -0.1) is 0 Å². The fraction of sp³-hybridized carbons (Fsp3) is 0.529. The predicted molar refractivity (Wildman–Crippen MR) is 95.0 cm³/mol. The average Bonchev–Trinajstić information content (AvgIpc) is 3.08. The summed E-state index contributed by atoms with van der Waals surface area (Å²) < 4.78 is 40.4. The van der Waals surface area contributed by atoms with Gasteiger partial charge < -0.3 is 15.0 Å². The highest BCUT2D eigenvalue weighted by Crippen LogP contribution is 2.26. The zero-order valence-electron chi connectivity index (χ0n) is 14.3. The Balaban J connectivity index is 1.85. The molecule has 0 bridgehead atoms. The summed E-state index contributed by atoms with van der Waals surface area (Å²) in [4.78, 5) is 26.5. The number of nitrogens with one attached hydrogen (secondary N) is 1. The molecule has 1 atom stereocenters. The van der Waals surface area contributed by atoms with Gasteiger partial charge in [-0.1, -0.05) is 23.2 Å². The minimum Gasteiger partial charge on any atom is -0.372 e. The van der Waals surface area contributed by atoms with Crippen molar-refractivity contribution in [1.82, 2.24) is 10.2 Å². The Morgan fingerprint density at radius 3 is 2.74 bits per heavy atom. The van der Waals surface area contributed by atoms with Crippen LogP contribution in [-0.2, 0) is 9.53 Å². The van der Waals surface area contributed by atoms with Crippen LogP contribution in [0.1, 0.15) is 29.6 Å². The van der Waals surface area contributed by atoms with E-state index in [0.29, 0.717) is 24.4 Å². The Morgan fingerprint density at radius 2 is 2.04 bits per heavy atom. The van der Waals surface area contributed by atoms with Gasteiger partial charge in [0.2, 0.25) is 5.91 Å². The molecule has 1 heterocycles. The fourth-order valence-electron chi connectivity index (χ4n) is 2.79. The van der Waals surface area contributed by atoms with E-state index in [0.717, 1.165) is 0 Å². The van der Waals surface area contributed by atoms with E-state index in [1.54, 1.807) is 6.07 Å². The maximum absolute atomic E-state index is 12.7. The molecule has 1 aliphatic heterocycles. The molecule has 10 heteroatoms. The quantitative estimate of drug-likeness (QED) is 0.676. The second-order valence-corrected chi connectivity index (χ2v) is 6.94. The normalized spacial score (nSPS) is 17.2. The van der Waals surface area contributed by atoms with Crippen molar-refractivity contribution in [2.75, 3.05) is 26.3 Å². The van der Waals surface area contributed by atoms with Gasteiger partial charge in [0.25, 0.3) is 5.91 Å². The van der Waals surface area contributed by atoms with E-state index < -0.39 is 18.8 Å². The van der Waals surface area contributed by atoms with E-state index in [2.05, 4.69) is 10.1 Å². The summed E-state index contributed by atoms with van der Waals surface area (Å²) >= 11 is 12.0. The van der Waals surface area contributed by atoms with Crippen molar-refractivity contribution in [2.24, 2.45) is 0 Å². The van der Waals surface area contributed by atoms with Crippen molar-refractivity contribution >= 4 is 35.0 Å². The molecule has 1 saturated heterocycles. The van der Waals surface area contributed by atoms with Crippen LogP contribution in [0.25, 0.3) is 0 Å². The van der Waals surface area contributed by atoms with E-state index in [9.17, 15) is 22.8 Å². The Hall–Kier alpha value is -1.51. The van der Waals surface area contributed by atoms with Crippen LogP contribution in [0.5, 0.6) is 0 Å². The van der Waals surface area contributed by atoms with Gasteiger partial charge in [-0.05, 0) is 37.5 Å². The van der Waals surface area contributed by atoms with Gasteiger partial charge in [0.15, 0.2) is 0 Å². The van der Waals surface area contributed by atoms with Crippen LogP contribution in [0.2, 0.25) is 10.0 Å². The van der Waals surface area contributed by atoms with Gasteiger partial charge in [0.1, 0.15) is 12.6 Å². The van der Waals surface area contributed by atoms with E-state index in [1.807, 2.05) is 0 Å². The number of carbonyl (C=O) groups is 2. The number of amides is 2. The number of halogens is 5. The first kappa shape index (κ1) is 21.8.